The van der Waals surface area contributed by atoms with E-state index in [1.807, 2.05) is 13.8 Å². The second kappa shape index (κ2) is 14.7. The lowest BCUT2D eigenvalue weighted by atomic mass is 10.2. The van der Waals surface area contributed by atoms with Gasteiger partial charge in [-0.2, -0.15) is 0 Å². The topological polar surface area (TPSA) is 144 Å². The van der Waals surface area contributed by atoms with Gasteiger partial charge in [-0.25, -0.2) is 0 Å². The Balaban J connectivity index is 4.29. The zero-order valence-electron chi connectivity index (χ0n) is 15.4. The van der Waals surface area contributed by atoms with Gasteiger partial charge in [-0.3, -0.25) is 19.2 Å². The Labute approximate surface area is 162 Å². The molecule has 4 amide bonds. The highest BCUT2D eigenvalue weighted by Gasteiger charge is 2.20. The van der Waals surface area contributed by atoms with Crippen molar-refractivity contribution >= 4 is 45.2 Å². The van der Waals surface area contributed by atoms with Crippen LogP contribution in [0.3, 0.4) is 0 Å². The van der Waals surface area contributed by atoms with Crippen LogP contribution >= 0.6 is 21.6 Å². The van der Waals surface area contributed by atoms with Gasteiger partial charge >= 0.3 is 0 Å². The molecule has 0 unspecified atom stereocenters. The first-order valence-electron chi connectivity index (χ1n) is 8.73. The van der Waals surface area contributed by atoms with E-state index in [9.17, 15) is 19.2 Å². The predicted octanol–water partition coefficient (Wildman–Crippen LogP) is 0.688. The van der Waals surface area contributed by atoms with Crippen LogP contribution in [0.15, 0.2) is 0 Å². The third-order valence-corrected chi connectivity index (χ3v) is 5.85. The molecule has 26 heavy (non-hydrogen) atoms. The van der Waals surface area contributed by atoms with Gasteiger partial charge in [0.05, 0.1) is 0 Å². The molecular weight excluding hydrogens is 376 g/mol. The third-order valence-electron chi connectivity index (χ3n) is 3.42. The van der Waals surface area contributed by atoms with E-state index in [2.05, 4.69) is 10.6 Å². The Bertz CT molecular complexity index is 435. The number of primary amides is 2. The minimum Gasteiger partial charge on any atom is -0.368 e. The second-order valence-corrected chi connectivity index (χ2v) is 8.37. The Hall–Kier alpha value is -1.42. The van der Waals surface area contributed by atoms with Gasteiger partial charge in [0.2, 0.25) is 23.6 Å². The largest absolute Gasteiger partial charge is 0.368 e. The molecule has 0 bridgehead atoms. The molecule has 0 heterocycles. The summed E-state index contributed by atoms with van der Waals surface area (Å²) in [5.41, 5.74) is 10.6. The van der Waals surface area contributed by atoms with Crippen LogP contribution in [0.1, 0.15) is 52.4 Å². The molecule has 0 aromatic carbocycles. The molecule has 0 fully saturated rings. The first-order valence-corrected chi connectivity index (χ1v) is 11.2. The van der Waals surface area contributed by atoms with Crippen LogP contribution in [0.4, 0.5) is 0 Å². The van der Waals surface area contributed by atoms with Gasteiger partial charge in [0.1, 0.15) is 12.1 Å². The maximum atomic E-state index is 11.7. The highest BCUT2D eigenvalue weighted by Crippen LogP contribution is 2.23. The average Bonchev–Trinajstić information content (AvgIpc) is 2.59. The second-order valence-electron chi connectivity index (χ2n) is 5.82. The highest BCUT2D eigenvalue weighted by molar-refractivity contribution is 8.76. The van der Waals surface area contributed by atoms with Crippen LogP contribution in [0.2, 0.25) is 0 Å². The van der Waals surface area contributed by atoms with Crippen molar-refractivity contribution in [3.8, 4) is 0 Å². The molecular formula is C16H30N4O4S2. The molecule has 0 saturated carbocycles. The van der Waals surface area contributed by atoms with E-state index in [0.717, 1.165) is 25.7 Å². The van der Waals surface area contributed by atoms with E-state index in [4.69, 9.17) is 11.5 Å². The SMILES string of the molecule is CCCCC(=O)N[C@@H](CSSC[C@H](NC(=O)CCCC)C(N)=O)C(N)=O. The molecule has 2 atom stereocenters. The fraction of sp³-hybridized carbons (Fsp3) is 0.750. The Morgan fingerprint density at radius 1 is 0.769 bits per heavy atom. The summed E-state index contributed by atoms with van der Waals surface area (Å²) in [5, 5.41) is 5.22. The number of carbonyl (C=O) groups excluding carboxylic acids is 4. The molecule has 8 nitrogen and oxygen atoms in total. The summed E-state index contributed by atoms with van der Waals surface area (Å²) in [6.45, 7) is 3.95. The maximum Gasteiger partial charge on any atom is 0.240 e. The van der Waals surface area contributed by atoms with E-state index in [0.29, 0.717) is 12.8 Å². The molecule has 6 N–H and O–H groups in total. The molecule has 0 aliphatic heterocycles. The number of carbonyl (C=O) groups is 4. The zero-order chi connectivity index (χ0) is 19.9. The van der Waals surface area contributed by atoms with Gasteiger partial charge in [-0.1, -0.05) is 48.3 Å². The number of nitrogens with one attached hydrogen (secondary N) is 2. The lowest BCUT2D eigenvalue weighted by molar-refractivity contribution is -0.126. The summed E-state index contributed by atoms with van der Waals surface area (Å²) in [5.74, 6) is -1.09. The van der Waals surface area contributed by atoms with Crippen LogP contribution in [0.5, 0.6) is 0 Å². The van der Waals surface area contributed by atoms with Crippen molar-refractivity contribution in [2.45, 2.75) is 64.5 Å². The number of unbranched alkanes of at least 4 members (excludes halogenated alkanes) is 2. The first-order chi connectivity index (χ1) is 12.3. The average molecular weight is 407 g/mol. The van der Waals surface area contributed by atoms with Gasteiger partial charge < -0.3 is 22.1 Å². The Morgan fingerprint density at radius 2 is 1.12 bits per heavy atom. The van der Waals surface area contributed by atoms with Crippen LogP contribution in [-0.2, 0) is 19.2 Å². The summed E-state index contributed by atoms with van der Waals surface area (Å²) < 4.78 is 0. The number of hydrogen-bond acceptors (Lipinski definition) is 6. The first kappa shape index (κ1) is 24.6. The van der Waals surface area contributed by atoms with Crippen molar-refractivity contribution in [2.24, 2.45) is 11.5 Å². The number of rotatable bonds is 15. The smallest absolute Gasteiger partial charge is 0.240 e. The molecule has 0 saturated heterocycles. The van der Waals surface area contributed by atoms with Crippen LogP contribution in [-0.4, -0.2) is 47.2 Å². The van der Waals surface area contributed by atoms with Gasteiger partial charge in [0.25, 0.3) is 0 Å². The maximum absolute atomic E-state index is 11.7. The number of hydrogen-bond donors (Lipinski definition) is 4. The monoisotopic (exact) mass is 406 g/mol. The molecule has 0 aliphatic carbocycles. The van der Waals surface area contributed by atoms with Crippen LogP contribution in [0, 0.1) is 0 Å². The molecule has 0 aromatic heterocycles. The molecule has 0 aliphatic rings. The Kier molecular flexibility index (Phi) is 13.9. The van der Waals surface area contributed by atoms with E-state index >= 15 is 0 Å². The lowest BCUT2D eigenvalue weighted by Crippen LogP contribution is -2.46. The highest BCUT2D eigenvalue weighted by atomic mass is 33.1. The number of nitrogens with two attached hydrogens (primary N) is 2. The Morgan fingerprint density at radius 3 is 1.38 bits per heavy atom. The summed E-state index contributed by atoms with van der Waals surface area (Å²) in [7, 11) is 2.58. The van der Waals surface area contributed by atoms with Crippen LogP contribution in [0.25, 0.3) is 0 Å². The normalized spacial score (nSPS) is 12.8. The summed E-state index contributed by atoms with van der Waals surface area (Å²) >= 11 is 0. The summed E-state index contributed by atoms with van der Waals surface area (Å²) in [6.07, 6.45) is 3.97. The van der Waals surface area contributed by atoms with Gasteiger partial charge in [-0.15, -0.1) is 0 Å². The fourth-order valence-electron chi connectivity index (χ4n) is 1.83. The third kappa shape index (κ3) is 12.0. The minimum atomic E-state index is -0.775. The predicted molar refractivity (Wildman–Crippen MR) is 106 cm³/mol. The summed E-state index contributed by atoms with van der Waals surface area (Å²) in [6, 6.07) is -1.55. The van der Waals surface area contributed by atoms with Crippen molar-refractivity contribution in [3.63, 3.8) is 0 Å². The van der Waals surface area contributed by atoms with Gasteiger partial charge in [0.15, 0.2) is 0 Å². The number of amides is 4. The van der Waals surface area contributed by atoms with Crippen molar-refractivity contribution in [3.05, 3.63) is 0 Å². The van der Waals surface area contributed by atoms with Gasteiger partial charge in [0, 0.05) is 24.3 Å². The van der Waals surface area contributed by atoms with Crippen LogP contribution < -0.4 is 22.1 Å². The van der Waals surface area contributed by atoms with E-state index in [-0.39, 0.29) is 23.3 Å². The lowest BCUT2D eigenvalue weighted by Gasteiger charge is -2.17. The standard InChI is InChI=1S/C16H30N4O4S2/c1-3-5-7-13(21)19-11(15(17)23)9-25-26-10-12(16(18)24)20-14(22)8-6-4-2/h11-12H,3-10H2,1-2H3,(H2,17,23)(H2,18,24)(H,19,21)(H,20,22)/t11-,12-/m0/s1. The fourth-order valence-corrected chi connectivity index (χ4v) is 4.18. The van der Waals surface area contributed by atoms with Crippen molar-refractivity contribution in [1.82, 2.24) is 10.6 Å². The van der Waals surface area contributed by atoms with Crippen molar-refractivity contribution < 1.29 is 19.2 Å². The molecule has 150 valence electrons. The van der Waals surface area contributed by atoms with Crippen molar-refractivity contribution in [1.29, 1.82) is 0 Å². The minimum absolute atomic E-state index is 0.209. The van der Waals surface area contributed by atoms with E-state index in [1.165, 1.54) is 21.6 Å². The zero-order valence-corrected chi connectivity index (χ0v) is 17.0. The van der Waals surface area contributed by atoms with E-state index in [1.54, 1.807) is 0 Å². The molecule has 0 radical (unpaired) electrons. The molecule has 0 aromatic rings. The van der Waals surface area contributed by atoms with Gasteiger partial charge in [-0.05, 0) is 12.8 Å². The quantitative estimate of drug-likeness (QED) is 0.233. The molecule has 0 spiro atoms. The van der Waals surface area contributed by atoms with E-state index < -0.39 is 23.9 Å². The molecule has 10 heteroatoms. The molecule has 0 rings (SSSR count). The summed E-state index contributed by atoms with van der Waals surface area (Å²) in [4.78, 5) is 46.3. The van der Waals surface area contributed by atoms with Crippen molar-refractivity contribution in [2.75, 3.05) is 11.5 Å².